The zero-order valence-corrected chi connectivity index (χ0v) is 23.1. The number of ether oxygens (including phenoxy) is 1. The van der Waals surface area contributed by atoms with E-state index in [0.29, 0.717) is 36.7 Å². The van der Waals surface area contributed by atoms with E-state index in [1.807, 2.05) is 28.9 Å². The molecule has 0 atom stereocenters. The van der Waals surface area contributed by atoms with Crippen LogP contribution in [0.4, 0.5) is 13.2 Å². The largest absolute Gasteiger partial charge is 0.501 e. The molecule has 0 radical (unpaired) electrons. The fourth-order valence-corrected chi connectivity index (χ4v) is 5.41. The number of hydrogen-bond acceptors (Lipinski definition) is 8. The third-order valence-corrected chi connectivity index (χ3v) is 8.47. The van der Waals surface area contributed by atoms with Crippen molar-refractivity contribution in [2.45, 2.75) is 43.3 Å². The number of nitrogens with zero attached hydrogens (tertiary/aromatic N) is 3. The summed E-state index contributed by atoms with van der Waals surface area (Å²) < 4.78 is 68.0. The molecule has 0 aliphatic carbocycles. The second-order valence-electron chi connectivity index (χ2n) is 9.76. The summed E-state index contributed by atoms with van der Waals surface area (Å²) in [5.74, 6) is 0.289. The number of fused-ring (bicyclic) bond motifs is 1. The number of alkyl halides is 3. The average molecular weight is 583 g/mol. The van der Waals surface area contributed by atoms with Crippen LogP contribution in [0.15, 0.2) is 47.5 Å². The van der Waals surface area contributed by atoms with Crippen LogP contribution in [0.2, 0.25) is 0 Å². The van der Waals surface area contributed by atoms with Gasteiger partial charge in [-0.2, -0.15) is 23.8 Å². The number of methoxy groups -OCH3 is 1. The summed E-state index contributed by atoms with van der Waals surface area (Å²) in [5, 5.41) is 10.5. The Morgan fingerprint density at radius 3 is 2.48 bits per heavy atom. The molecule has 218 valence electrons. The Kier molecular flexibility index (Phi) is 9.46. The number of hydrogen-bond donors (Lipinski definition) is 3. The van der Waals surface area contributed by atoms with Gasteiger partial charge in [-0.1, -0.05) is 12.1 Å². The Balaban J connectivity index is 1.24. The molecule has 1 aromatic heterocycles. The standard InChI is InChI=1S/C26H33F3N6O4S/c1-18-22(25(36)30-11-14-39-2)7-8-24-23(18)17-35(32-24)16-20-9-12-34(13-10-20)33-31-15-19-3-5-21(6-4-19)40(37,38)26(27,28)29/h3-8,17,20,31,33H,9-16H2,1-2H3,(H,30,36). The molecule has 3 N–H and O–H groups in total. The van der Waals surface area contributed by atoms with Crippen molar-refractivity contribution in [3.05, 3.63) is 59.3 Å². The van der Waals surface area contributed by atoms with Gasteiger partial charge in [0.05, 0.1) is 17.0 Å². The van der Waals surface area contributed by atoms with Gasteiger partial charge in [0.2, 0.25) is 0 Å². The van der Waals surface area contributed by atoms with Gasteiger partial charge in [-0.3, -0.25) is 9.48 Å². The quantitative estimate of drug-likeness (QED) is 0.234. The van der Waals surface area contributed by atoms with Crippen molar-refractivity contribution in [3.63, 3.8) is 0 Å². The Morgan fingerprint density at radius 1 is 1.12 bits per heavy atom. The highest BCUT2D eigenvalue weighted by atomic mass is 32.2. The minimum absolute atomic E-state index is 0.135. The van der Waals surface area contributed by atoms with E-state index in [0.717, 1.165) is 61.1 Å². The molecule has 1 amide bonds. The fraction of sp³-hybridized carbons (Fsp3) is 0.462. The number of halogens is 3. The van der Waals surface area contributed by atoms with Crippen molar-refractivity contribution >= 4 is 26.6 Å². The van der Waals surface area contributed by atoms with E-state index in [9.17, 15) is 26.4 Å². The first-order chi connectivity index (χ1) is 19.0. The van der Waals surface area contributed by atoms with E-state index >= 15 is 0 Å². The maximum atomic E-state index is 12.7. The van der Waals surface area contributed by atoms with Crippen molar-refractivity contribution in [3.8, 4) is 0 Å². The number of rotatable bonds is 11. The third-order valence-electron chi connectivity index (χ3n) is 6.97. The zero-order chi connectivity index (χ0) is 28.9. The smallest absolute Gasteiger partial charge is 0.383 e. The summed E-state index contributed by atoms with van der Waals surface area (Å²) in [6.45, 7) is 5.45. The lowest BCUT2D eigenvalue weighted by molar-refractivity contribution is -0.0436. The summed E-state index contributed by atoms with van der Waals surface area (Å²) in [6.07, 6.45) is 3.86. The van der Waals surface area contributed by atoms with Gasteiger partial charge in [0.25, 0.3) is 15.7 Å². The van der Waals surface area contributed by atoms with E-state index in [2.05, 4.69) is 16.3 Å². The van der Waals surface area contributed by atoms with Gasteiger partial charge in [0.1, 0.15) is 0 Å². The molecule has 3 aromatic rings. The van der Waals surface area contributed by atoms with Crippen LogP contribution < -0.4 is 16.3 Å². The molecule has 0 unspecified atom stereocenters. The minimum Gasteiger partial charge on any atom is -0.383 e. The summed E-state index contributed by atoms with van der Waals surface area (Å²) in [4.78, 5) is 11.7. The van der Waals surface area contributed by atoms with Crippen molar-refractivity contribution in [2.75, 3.05) is 33.4 Å². The number of nitrogens with one attached hydrogen (secondary N) is 3. The number of carbonyl (C=O) groups excluding carboxylic acids is 1. The van der Waals surface area contributed by atoms with Crippen molar-refractivity contribution in [1.82, 2.24) is 31.1 Å². The van der Waals surface area contributed by atoms with E-state index in [-0.39, 0.29) is 5.91 Å². The second-order valence-corrected chi connectivity index (χ2v) is 11.7. The molecule has 0 spiro atoms. The molecule has 1 aliphatic heterocycles. The highest BCUT2D eigenvalue weighted by Gasteiger charge is 2.46. The Bertz CT molecular complexity index is 1420. The molecule has 1 aliphatic rings. The van der Waals surface area contributed by atoms with Crippen LogP contribution in [0.25, 0.3) is 10.9 Å². The van der Waals surface area contributed by atoms with Gasteiger partial charge in [-0.15, -0.1) is 0 Å². The topological polar surface area (TPSA) is 118 Å². The minimum atomic E-state index is -5.35. The second kappa shape index (κ2) is 12.6. The summed E-state index contributed by atoms with van der Waals surface area (Å²) in [7, 11) is -3.76. The van der Waals surface area contributed by atoms with Gasteiger partial charge >= 0.3 is 5.51 Å². The molecular formula is C26H33F3N6O4S. The first-order valence-corrected chi connectivity index (χ1v) is 14.4. The predicted octanol–water partition coefficient (Wildman–Crippen LogP) is 2.94. The lowest BCUT2D eigenvalue weighted by atomic mass is 9.98. The normalized spacial score (nSPS) is 15.5. The van der Waals surface area contributed by atoms with Gasteiger partial charge in [-0.05, 0) is 61.1 Å². The summed E-state index contributed by atoms with van der Waals surface area (Å²) >= 11 is 0. The molecule has 10 nitrogen and oxygen atoms in total. The van der Waals surface area contributed by atoms with Gasteiger partial charge in [0, 0.05) is 57.0 Å². The van der Waals surface area contributed by atoms with Crippen molar-refractivity contribution in [1.29, 1.82) is 0 Å². The van der Waals surface area contributed by atoms with Crippen LogP contribution in [0.5, 0.6) is 0 Å². The maximum absolute atomic E-state index is 12.7. The van der Waals surface area contributed by atoms with Crippen LogP contribution in [-0.2, 0) is 27.7 Å². The molecule has 0 saturated carbocycles. The van der Waals surface area contributed by atoms with Gasteiger partial charge < -0.3 is 10.1 Å². The first kappa shape index (κ1) is 29.9. The number of amides is 1. The first-order valence-electron chi connectivity index (χ1n) is 12.9. The van der Waals surface area contributed by atoms with E-state index in [1.165, 1.54) is 12.1 Å². The van der Waals surface area contributed by atoms with Crippen LogP contribution >= 0.6 is 0 Å². The number of benzene rings is 2. The zero-order valence-electron chi connectivity index (χ0n) is 22.3. The Hall–Kier alpha value is -3.04. The molecule has 0 bridgehead atoms. The van der Waals surface area contributed by atoms with Crippen LogP contribution in [-0.4, -0.2) is 68.0 Å². The van der Waals surface area contributed by atoms with E-state index in [4.69, 9.17) is 9.84 Å². The lowest BCUT2D eigenvalue weighted by Gasteiger charge is -2.32. The third kappa shape index (κ3) is 6.99. The van der Waals surface area contributed by atoms with Crippen molar-refractivity contribution in [2.24, 2.45) is 5.92 Å². The molecule has 1 fully saturated rings. The molecular weight excluding hydrogens is 549 g/mol. The SMILES string of the molecule is COCCNC(=O)c1ccc2nn(CC3CCN(NNCc4ccc(S(=O)(=O)C(F)(F)F)cc4)CC3)cc2c1C. The molecule has 2 heterocycles. The number of sulfone groups is 1. The number of piperidine rings is 1. The summed E-state index contributed by atoms with van der Waals surface area (Å²) in [5.41, 5.74) is 3.80. The fourth-order valence-electron chi connectivity index (χ4n) is 4.65. The van der Waals surface area contributed by atoms with E-state index in [1.54, 1.807) is 13.2 Å². The maximum Gasteiger partial charge on any atom is 0.501 e. The molecule has 1 saturated heterocycles. The summed E-state index contributed by atoms with van der Waals surface area (Å²) in [6, 6.07) is 8.30. The number of carbonyl (C=O) groups is 1. The number of aromatic nitrogens is 2. The van der Waals surface area contributed by atoms with Crippen LogP contribution in [0.3, 0.4) is 0 Å². The van der Waals surface area contributed by atoms with Crippen LogP contribution in [0.1, 0.15) is 34.3 Å². The van der Waals surface area contributed by atoms with E-state index < -0.39 is 20.2 Å². The number of aryl methyl sites for hydroxylation is 1. The Labute approximate surface area is 230 Å². The monoisotopic (exact) mass is 582 g/mol. The average Bonchev–Trinajstić information content (AvgIpc) is 3.33. The highest BCUT2D eigenvalue weighted by Crippen LogP contribution is 2.30. The van der Waals surface area contributed by atoms with Crippen LogP contribution in [0, 0.1) is 12.8 Å². The molecule has 2 aromatic carbocycles. The highest BCUT2D eigenvalue weighted by molar-refractivity contribution is 7.92. The van der Waals surface area contributed by atoms with Gasteiger partial charge in [-0.25, -0.2) is 18.9 Å². The molecule has 4 rings (SSSR count). The van der Waals surface area contributed by atoms with Crippen molar-refractivity contribution < 1.29 is 31.1 Å². The molecule has 14 heteroatoms. The molecule has 40 heavy (non-hydrogen) atoms. The number of hydrazine groups is 2. The Morgan fingerprint density at radius 2 is 1.82 bits per heavy atom. The van der Waals surface area contributed by atoms with Gasteiger partial charge in [0.15, 0.2) is 0 Å². The predicted molar refractivity (Wildman–Crippen MR) is 143 cm³/mol. The lowest BCUT2D eigenvalue weighted by Crippen LogP contribution is -2.50.